The van der Waals surface area contributed by atoms with E-state index in [1.165, 1.54) is 0 Å². The van der Waals surface area contributed by atoms with Crippen molar-refractivity contribution >= 4 is 36.5 Å². The van der Waals surface area contributed by atoms with Crippen LogP contribution in [0.5, 0.6) is 5.75 Å². The molecule has 198 valence electrons. The predicted octanol–water partition coefficient (Wildman–Crippen LogP) is 6.16. The molecule has 0 spiro atoms. The molecular formula is C26H41ClO6P2. The van der Waals surface area contributed by atoms with Gasteiger partial charge in [-0.25, -0.2) is 0 Å². The van der Waals surface area contributed by atoms with E-state index in [0.29, 0.717) is 30.4 Å². The van der Waals surface area contributed by atoms with Gasteiger partial charge in [0, 0.05) is 30.4 Å². The first-order chi connectivity index (χ1) is 16.7. The molecule has 1 aromatic carbocycles. The van der Waals surface area contributed by atoms with Crippen LogP contribution in [0.1, 0.15) is 59.3 Å². The van der Waals surface area contributed by atoms with Crippen LogP contribution in [0.4, 0.5) is 0 Å². The van der Waals surface area contributed by atoms with Gasteiger partial charge in [0.25, 0.3) is 0 Å². The van der Waals surface area contributed by atoms with Crippen molar-refractivity contribution in [2.24, 2.45) is 17.3 Å². The normalized spacial score (nSPS) is 23.5. The Bertz CT molecular complexity index is 800. The lowest BCUT2D eigenvalue weighted by molar-refractivity contribution is -0.153. The Morgan fingerprint density at radius 3 is 2.69 bits per heavy atom. The zero-order valence-corrected chi connectivity index (χ0v) is 24.1. The molecule has 0 bridgehead atoms. The molecule has 0 saturated heterocycles. The molecule has 0 aliphatic heterocycles. The van der Waals surface area contributed by atoms with Gasteiger partial charge in [0.2, 0.25) is 0 Å². The molecule has 0 heterocycles. The summed E-state index contributed by atoms with van der Waals surface area (Å²) in [5, 5.41) is 11.3. The highest BCUT2D eigenvalue weighted by Crippen LogP contribution is 2.41. The molecule has 1 aliphatic carbocycles. The van der Waals surface area contributed by atoms with Gasteiger partial charge in [-0.15, -0.1) is 0 Å². The minimum Gasteiger partial charge on any atom is -0.491 e. The lowest BCUT2D eigenvalue weighted by Crippen LogP contribution is -2.26. The summed E-state index contributed by atoms with van der Waals surface area (Å²) in [5.74, 6) is 0.874. The molecule has 1 N–H and O–H groups in total. The van der Waals surface area contributed by atoms with Crippen LogP contribution in [0, 0.1) is 17.3 Å². The predicted molar refractivity (Wildman–Crippen MR) is 146 cm³/mol. The van der Waals surface area contributed by atoms with E-state index in [-0.39, 0.29) is 30.0 Å². The van der Waals surface area contributed by atoms with Crippen LogP contribution in [0.25, 0.3) is 0 Å². The quantitative estimate of drug-likeness (QED) is 0.130. The first-order valence-electron chi connectivity index (χ1n) is 12.3. The van der Waals surface area contributed by atoms with Gasteiger partial charge in [-0.3, -0.25) is 4.79 Å². The summed E-state index contributed by atoms with van der Waals surface area (Å²) in [7, 11) is 4.69. The molecular weight excluding hydrogens is 506 g/mol. The fourth-order valence-corrected chi connectivity index (χ4v) is 5.01. The Kier molecular flexibility index (Phi) is 13.5. The number of hydrogen-bond donors (Lipinski definition) is 1. The minimum atomic E-state index is -0.471. The summed E-state index contributed by atoms with van der Waals surface area (Å²) in [4.78, 5) is 11.8. The topological polar surface area (TPSA) is 74.2 Å². The first-order valence-corrected chi connectivity index (χ1v) is 13.6. The zero-order chi connectivity index (χ0) is 25.8. The second-order valence-corrected chi connectivity index (χ2v) is 11.1. The van der Waals surface area contributed by atoms with Crippen LogP contribution >= 0.6 is 30.5 Å². The van der Waals surface area contributed by atoms with Crippen LogP contribution in [-0.4, -0.2) is 42.6 Å². The number of esters is 1. The van der Waals surface area contributed by atoms with Crippen molar-refractivity contribution in [1.29, 1.82) is 0 Å². The van der Waals surface area contributed by atoms with Crippen LogP contribution < -0.4 is 4.74 Å². The molecule has 1 aliphatic rings. The lowest BCUT2D eigenvalue weighted by atomic mass is 9.86. The maximum atomic E-state index is 11.8. The van der Waals surface area contributed by atoms with Gasteiger partial charge >= 0.3 is 5.97 Å². The number of carbonyl (C=O) groups is 1. The average Bonchev–Trinajstić information content (AvgIpc) is 3.12. The van der Waals surface area contributed by atoms with Gasteiger partial charge in [-0.05, 0) is 82.9 Å². The fourth-order valence-electron chi connectivity index (χ4n) is 4.31. The molecule has 6 nitrogen and oxygen atoms in total. The molecule has 0 amide bonds. The van der Waals surface area contributed by atoms with Crippen LogP contribution in [-0.2, 0) is 18.6 Å². The Balaban J connectivity index is 1.80. The van der Waals surface area contributed by atoms with Crippen molar-refractivity contribution < 1.29 is 28.4 Å². The molecule has 1 aromatic rings. The van der Waals surface area contributed by atoms with E-state index in [1.54, 1.807) is 6.07 Å². The van der Waals surface area contributed by atoms with E-state index < -0.39 is 11.5 Å². The van der Waals surface area contributed by atoms with E-state index >= 15 is 0 Å². The van der Waals surface area contributed by atoms with Crippen LogP contribution in [0.15, 0.2) is 36.4 Å². The number of halogens is 1. The number of carbonyl (C=O) groups excluding carboxylic acids is 1. The number of aliphatic hydroxyl groups excluding tert-OH is 1. The maximum absolute atomic E-state index is 11.8. The molecule has 5 unspecified atom stereocenters. The summed E-state index contributed by atoms with van der Waals surface area (Å²) >= 11 is 6.03. The molecule has 9 heteroatoms. The second kappa shape index (κ2) is 15.5. The standard InChI is InChI=1S/C26H41ClO6P2/c1-26(2,3)25(29)30-14-7-5-4-6-11-21-22(24(33-35)16-23(21)28)13-12-20(32-34)17-31-19-10-8-9-18(27)15-19/h4,6,8-10,15,20-24,28H,5,7,11-14,16-17,34-35H2,1-3H3/b6-4-/t20?,21-,22-,23?,24?/m1/s1. The van der Waals surface area contributed by atoms with Crippen molar-refractivity contribution in [3.8, 4) is 5.75 Å². The molecule has 1 fully saturated rings. The van der Waals surface area contributed by atoms with Crippen molar-refractivity contribution in [2.75, 3.05) is 13.2 Å². The molecule has 35 heavy (non-hydrogen) atoms. The number of unbranched alkanes of at least 4 members (excludes halogenated alkanes) is 1. The van der Waals surface area contributed by atoms with E-state index in [9.17, 15) is 9.90 Å². The zero-order valence-electron chi connectivity index (χ0n) is 21.0. The third-order valence-corrected chi connectivity index (χ3v) is 7.32. The van der Waals surface area contributed by atoms with Crippen molar-refractivity contribution in [3.63, 3.8) is 0 Å². The highest BCUT2D eigenvalue weighted by molar-refractivity contribution is 7.10. The summed E-state index contributed by atoms with van der Waals surface area (Å²) in [6.45, 7) is 6.39. The highest BCUT2D eigenvalue weighted by Gasteiger charge is 2.42. The van der Waals surface area contributed by atoms with Crippen LogP contribution in [0.3, 0.4) is 0 Å². The van der Waals surface area contributed by atoms with Crippen molar-refractivity contribution in [1.82, 2.24) is 0 Å². The third kappa shape index (κ3) is 10.6. The maximum Gasteiger partial charge on any atom is 0.311 e. The smallest absolute Gasteiger partial charge is 0.311 e. The summed E-state index contributed by atoms with van der Waals surface area (Å²) in [5.41, 5.74) is -0.471. The van der Waals surface area contributed by atoms with E-state index in [4.69, 9.17) is 30.1 Å². The Hall–Kier alpha value is -0.740. The van der Waals surface area contributed by atoms with Gasteiger partial charge in [0.1, 0.15) is 12.4 Å². The fraction of sp³-hybridized carbons (Fsp3) is 0.654. The van der Waals surface area contributed by atoms with Gasteiger partial charge in [-0.1, -0.05) is 29.8 Å². The van der Waals surface area contributed by atoms with E-state index in [2.05, 4.69) is 31.1 Å². The van der Waals surface area contributed by atoms with Crippen molar-refractivity contribution in [3.05, 3.63) is 41.4 Å². The van der Waals surface area contributed by atoms with Gasteiger partial charge in [0.15, 0.2) is 0 Å². The molecule has 0 radical (unpaired) electrons. The highest BCUT2D eigenvalue weighted by atomic mass is 35.5. The largest absolute Gasteiger partial charge is 0.491 e. The number of hydrogen-bond acceptors (Lipinski definition) is 6. The Morgan fingerprint density at radius 1 is 1.26 bits per heavy atom. The summed E-state index contributed by atoms with van der Waals surface area (Å²) in [6.07, 6.45) is 8.38. The number of benzene rings is 1. The van der Waals surface area contributed by atoms with Crippen molar-refractivity contribution in [2.45, 2.75) is 77.6 Å². The monoisotopic (exact) mass is 546 g/mol. The minimum absolute atomic E-state index is 0.00998. The molecule has 2 rings (SSSR count). The van der Waals surface area contributed by atoms with E-state index in [1.807, 2.05) is 39.0 Å². The number of aliphatic hydroxyl groups is 1. The number of ether oxygens (including phenoxy) is 2. The average molecular weight is 547 g/mol. The van der Waals surface area contributed by atoms with Crippen LogP contribution in [0.2, 0.25) is 5.02 Å². The lowest BCUT2D eigenvalue weighted by Gasteiger charge is -2.26. The molecule has 1 saturated carbocycles. The second-order valence-electron chi connectivity index (χ2n) is 10.1. The SMILES string of the molecule is CC(C)(C)C(=O)OCCC/C=C\C[C@H]1C(O)CC(OP)[C@@H]1CCC(COc1cccc(Cl)c1)OP. The molecule has 0 aromatic heterocycles. The Labute approximate surface area is 220 Å². The van der Waals surface area contributed by atoms with Gasteiger partial charge in [-0.2, -0.15) is 0 Å². The van der Waals surface area contributed by atoms with E-state index in [0.717, 1.165) is 32.1 Å². The first kappa shape index (κ1) is 30.5. The third-order valence-electron chi connectivity index (χ3n) is 6.35. The summed E-state index contributed by atoms with van der Waals surface area (Å²) in [6, 6.07) is 7.31. The van der Waals surface area contributed by atoms with Gasteiger partial charge in [0.05, 0.1) is 30.3 Å². The number of allylic oxidation sites excluding steroid dienone is 2. The van der Waals surface area contributed by atoms with Gasteiger partial charge < -0.3 is 23.6 Å². The number of rotatable bonds is 14. The Morgan fingerprint density at radius 2 is 2.03 bits per heavy atom. The molecule has 7 atom stereocenters. The summed E-state index contributed by atoms with van der Waals surface area (Å²) < 4.78 is 22.4.